The molecule has 1 fully saturated rings. The van der Waals surface area contributed by atoms with Crippen LogP contribution in [0.3, 0.4) is 0 Å². The van der Waals surface area contributed by atoms with Gasteiger partial charge in [-0.15, -0.1) is 0 Å². The molecular weight excluding hydrogens is 340 g/mol. The molecule has 0 amide bonds. The molecule has 2 unspecified atom stereocenters. The van der Waals surface area contributed by atoms with Crippen LogP contribution in [-0.4, -0.2) is 24.3 Å². The first-order chi connectivity index (χ1) is 13.0. The summed E-state index contributed by atoms with van der Waals surface area (Å²) in [5, 5.41) is 3.98. The predicted octanol–water partition coefficient (Wildman–Crippen LogP) is 3.72. The molecule has 4 rings (SSSR count). The summed E-state index contributed by atoms with van der Waals surface area (Å²) in [6.45, 7) is 4.14. The second-order valence-corrected chi connectivity index (χ2v) is 7.29. The van der Waals surface area contributed by atoms with Gasteiger partial charge in [-0.1, -0.05) is 53.7 Å². The SMILES string of the molecule is CCOC(=O)C1(c2ccc(-c3ccc(C4ON=C(C)C4N)cc3)cc2)CC1. The number of benzene rings is 2. The summed E-state index contributed by atoms with van der Waals surface area (Å²) in [5.41, 5.74) is 10.8. The van der Waals surface area contributed by atoms with Gasteiger partial charge in [0.2, 0.25) is 0 Å². The van der Waals surface area contributed by atoms with E-state index in [0.29, 0.717) is 6.61 Å². The number of nitrogens with two attached hydrogens (primary N) is 1. The summed E-state index contributed by atoms with van der Waals surface area (Å²) in [7, 11) is 0. The van der Waals surface area contributed by atoms with Gasteiger partial charge in [-0.05, 0) is 48.9 Å². The van der Waals surface area contributed by atoms with Crippen LogP contribution in [0.25, 0.3) is 11.1 Å². The quantitative estimate of drug-likeness (QED) is 0.821. The largest absolute Gasteiger partial charge is 0.465 e. The number of hydrogen-bond donors (Lipinski definition) is 1. The van der Waals surface area contributed by atoms with Gasteiger partial charge in [-0.3, -0.25) is 4.79 Å². The van der Waals surface area contributed by atoms with Gasteiger partial charge in [0.15, 0.2) is 6.10 Å². The van der Waals surface area contributed by atoms with Crippen molar-refractivity contribution >= 4 is 11.7 Å². The summed E-state index contributed by atoms with van der Waals surface area (Å²) in [5.74, 6) is -0.104. The first-order valence-corrected chi connectivity index (χ1v) is 9.39. The smallest absolute Gasteiger partial charge is 0.316 e. The Morgan fingerprint density at radius 2 is 1.74 bits per heavy atom. The Hall–Kier alpha value is -2.66. The third-order valence-corrected chi connectivity index (χ3v) is 5.55. The lowest BCUT2D eigenvalue weighted by Gasteiger charge is -2.16. The molecule has 0 bridgehead atoms. The number of nitrogens with zero attached hydrogens (tertiary/aromatic N) is 1. The molecule has 0 radical (unpaired) electrons. The van der Waals surface area contributed by atoms with Crippen molar-refractivity contribution in [3.8, 4) is 11.1 Å². The highest BCUT2D eigenvalue weighted by atomic mass is 16.6. The molecular formula is C22H24N2O3. The Morgan fingerprint density at radius 3 is 2.22 bits per heavy atom. The number of carbonyl (C=O) groups is 1. The van der Waals surface area contributed by atoms with Crippen LogP contribution >= 0.6 is 0 Å². The molecule has 2 aromatic rings. The first kappa shape index (κ1) is 17.7. The molecule has 1 saturated carbocycles. The average Bonchev–Trinajstić information content (AvgIpc) is 3.44. The number of rotatable bonds is 5. The lowest BCUT2D eigenvalue weighted by atomic mass is 9.93. The van der Waals surface area contributed by atoms with Gasteiger partial charge in [-0.25, -0.2) is 0 Å². The number of esters is 1. The fourth-order valence-corrected chi connectivity index (χ4v) is 3.61. The summed E-state index contributed by atoms with van der Waals surface area (Å²) in [4.78, 5) is 17.7. The van der Waals surface area contributed by atoms with E-state index in [-0.39, 0.29) is 18.1 Å². The van der Waals surface area contributed by atoms with Crippen molar-refractivity contribution in [2.45, 2.75) is 44.2 Å². The standard InChI is InChI=1S/C22H24N2O3/c1-3-26-21(25)22(12-13-22)18-10-8-16(9-11-18)15-4-6-17(7-5-15)20-19(23)14(2)24-27-20/h4-11,19-20H,3,12-13,23H2,1-2H3. The van der Waals surface area contributed by atoms with Crippen molar-refractivity contribution in [2.75, 3.05) is 6.61 Å². The molecule has 0 saturated heterocycles. The van der Waals surface area contributed by atoms with Gasteiger partial charge < -0.3 is 15.3 Å². The Labute approximate surface area is 159 Å². The van der Waals surface area contributed by atoms with Crippen LogP contribution in [0.15, 0.2) is 53.7 Å². The zero-order chi connectivity index (χ0) is 19.0. The number of carbonyl (C=O) groups excluding carboxylic acids is 1. The lowest BCUT2D eigenvalue weighted by Crippen LogP contribution is -2.31. The van der Waals surface area contributed by atoms with E-state index in [1.807, 2.05) is 38.1 Å². The minimum Gasteiger partial charge on any atom is -0.465 e. The van der Waals surface area contributed by atoms with E-state index in [0.717, 1.165) is 40.8 Å². The van der Waals surface area contributed by atoms with Gasteiger partial charge in [-0.2, -0.15) is 0 Å². The second kappa shape index (κ2) is 6.82. The third kappa shape index (κ3) is 3.12. The van der Waals surface area contributed by atoms with Gasteiger partial charge in [0.1, 0.15) is 0 Å². The van der Waals surface area contributed by atoms with E-state index in [4.69, 9.17) is 15.3 Å². The molecule has 2 N–H and O–H groups in total. The van der Waals surface area contributed by atoms with Crippen molar-refractivity contribution in [2.24, 2.45) is 10.9 Å². The summed E-state index contributed by atoms with van der Waals surface area (Å²) in [6, 6.07) is 16.2. The molecule has 2 aromatic carbocycles. The number of oxime groups is 1. The molecule has 5 heteroatoms. The zero-order valence-corrected chi connectivity index (χ0v) is 15.6. The van der Waals surface area contributed by atoms with Gasteiger partial charge in [0, 0.05) is 0 Å². The van der Waals surface area contributed by atoms with E-state index in [1.54, 1.807) is 0 Å². The number of ether oxygens (including phenoxy) is 1. The molecule has 0 spiro atoms. The molecule has 1 aliphatic heterocycles. The molecule has 1 aliphatic carbocycles. The molecule has 1 heterocycles. The normalized spacial score (nSPS) is 22.7. The van der Waals surface area contributed by atoms with Crippen molar-refractivity contribution in [3.05, 3.63) is 59.7 Å². The topological polar surface area (TPSA) is 73.9 Å². The monoisotopic (exact) mass is 364 g/mol. The average molecular weight is 364 g/mol. The fourth-order valence-electron chi connectivity index (χ4n) is 3.61. The van der Waals surface area contributed by atoms with Crippen molar-refractivity contribution in [1.29, 1.82) is 0 Å². The van der Waals surface area contributed by atoms with Crippen LogP contribution in [0, 0.1) is 0 Å². The fraction of sp³-hybridized carbons (Fsp3) is 0.364. The van der Waals surface area contributed by atoms with Crippen LogP contribution < -0.4 is 5.73 Å². The van der Waals surface area contributed by atoms with Gasteiger partial charge in [0.05, 0.1) is 23.8 Å². The van der Waals surface area contributed by atoms with Crippen LogP contribution in [0.1, 0.15) is 43.9 Å². The third-order valence-electron chi connectivity index (χ3n) is 5.55. The van der Waals surface area contributed by atoms with Crippen LogP contribution in [0.2, 0.25) is 0 Å². The highest BCUT2D eigenvalue weighted by Crippen LogP contribution is 2.49. The van der Waals surface area contributed by atoms with E-state index in [2.05, 4.69) is 29.4 Å². The van der Waals surface area contributed by atoms with Crippen LogP contribution in [0.4, 0.5) is 0 Å². The zero-order valence-electron chi connectivity index (χ0n) is 15.6. The Bertz CT molecular complexity index is 867. The highest BCUT2D eigenvalue weighted by molar-refractivity contribution is 5.88. The first-order valence-electron chi connectivity index (χ1n) is 9.39. The maximum Gasteiger partial charge on any atom is 0.316 e. The minimum atomic E-state index is -0.424. The second-order valence-electron chi connectivity index (χ2n) is 7.29. The van der Waals surface area contributed by atoms with Gasteiger partial charge >= 0.3 is 5.97 Å². The molecule has 27 heavy (non-hydrogen) atoms. The summed E-state index contributed by atoms with van der Waals surface area (Å²) < 4.78 is 5.25. The Balaban J connectivity index is 1.51. The number of hydrogen-bond acceptors (Lipinski definition) is 5. The molecule has 5 nitrogen and oxygen atoms in total. The van der Waals surface area contributed by atoms with Crippen molar-refractivity contribution < 1.29 is 14.4 Å². The Kier molecular flexibility index (Phi) is 4.48. The maximum atomic E-state index is 12.2. The molecule has 2 atom stereocenters. The highest BCUT2D eigenvalue weighted by Gasteiger charge is 2.52. The predicted molar refractivity (Wildman–Crippen MR) is 104 cm³/mol. The lowest BCUT2D eigenvalue weighted by molar-refractivity contribution is -0.146. The van der Waals surface area contributed by atoms with Crippen LogP contribution in [-0.2, 0) is 19.8 Å². The summed E-state index contributed by atoms with van der Waals surface area (Å²) in [6.07, 6.45) is 1.51. The van der Waals surface area contributed by atoms with Gasteiger partial charge in [0.25, 0.3) is 0 Å². The minimum absolute atomic E-state index is 0.104. The molecule has 2 aliphatic rings. The molecule has 0 aromatic heterocycles. The van der Waals surface area contributed by atoms with Crippen molar-refractivity contribution in [1.82, 2.24) is 0 Å². The van der Waals surface area contributed by atoms with E-state index < -0.39 is 5.41 Å². The summed E-state index contributed by atoms with van der Waals surface area (Å²) >= 11 is 0. The van der Waals surface area contributed by atoms with Crippen molar-refractivity contribution in [3.63, 3.8) is 0 Å². The maximum absolute atomic E-state index is 12.2. The van der Waals surface area contributed by atoms with Crippen LogP contribution in [0.5, 0.6) is 0 Å². The molecule has 140 valence electrons. The van der Waals surface area contributed by atoms with E-state index in [9.17, 15) is 4.79 Å². The van der Waals surface area contributed by atoms with E-state index >= 15 is 0 Å². The Morgan fingerprint density at radius 1 is 1.15 bits per heavy atom. The van der Waals surface area contributed by atoms with E-state index in [1.165, 1.54) is 0 Å².